The lowest BCUT2D eigenvalue weighted by Gasteiger charge is -2.22. The second-order valence-electron chi connectivity index (χ2n) is 4.43. The van der Waals surface area contributed by atoms with Crippen molar-refractivity contribution in [2.24, 2.45) is 0 Å². The van der Waals surface area contributed by atoms with Gasteiger partial charge in [0.15, 0.2) is 0 Å². The summed E-state index contributed by atoms with van der Waals surface area (Å²) in [7, 11) is 1.55. The van der Waals surface area contributed by atoms with Crippen LogP contribution in [0.3, 0.4) is 0 Å². The lowest BCUT2D eigenvalue weighted by molar-refractivity contribution is 0.264. The second kappa shape index (κ2) is 5.31. The van der Waals surface area contributed by atoms with Gasteiger partial charge in [-0.05, 0) is 32.0 Å². The van der Waals surface area contributed by atoms with E-state index in [0.29, 0.717) is 17.6 Å². The van der Waals surface area contributed by atoms with Crippen LogP contribution in [0.25, 0.3) is 0 Å². The summed E-state index contributed by atoms with van der Waals surface area (Å²) in [6.07, 6.45) is 3.44. The lowest BCUT2D eigenvalue weighted by Crippen LogP contribution is -2.31. The zero-order valence-corrected chi connectivity index (χ0v) is 10.5. The molecule has 1 aromatic rings. The standard InChI is InChI=1S/C12H20N4O/c1-3-16-6-4-5-10(16)7-9-8-11(13)12(17-2)15-14-9/h8,10H,3-7H2,1-2H3,(H2,13,14). The van der Waals surface area contributed by atoms with E-state index >= 15 is 0 Å². The van der Waals surface area contributed by atoms with Gasteiger partial charge in [-0.3, -0.25) is 0 Å². The van der Waals surface area contributed by atoms with E-state index in [1.807, 2.05) is 6.07 Å². The van der Waals surface area contributed by atoms with Crippen LogP contribution >= 0.6 is 0 Å². The first-order chi connectivity index (χ1) is 8.24. The molecule has 0 aliphatic carbocycles. The molecule has 1 aromatic heterocycles. The second-order valence-corrected chi connectivity index (χ2v) is 4.43. The molecule has 0 aromatic carbocycles. The van der Waals surface area contributed by atoms with Crippen molar-refractivity contribution in [3.8, 4) is 5.88 Å². The van der Waals surface area contributed by atoms with Gasteiger partial charge >= 0.3 is 0 Å². The fourth-order valence-corrected chi connectivity index (χ4v) is 2.48. The predicted octanol–water partition coefficient (Wildman–Crippen LogP) is 1.09. The molecule has 1 unspecified atom stereocenters. The SMILES string of the molecule is CCN1CCCC1Cc1cc(N)c(OC)nn1. The average Bonchev–Trinajstić information content (AvgIpc) is 2.76. The Morgan fingerprint density at radius 1 is 1.53 bits per heavy atom. The highest BCUT2D eigenvalue weighted by Gasteiger charge is 2.23. The van der Waals surface area contributed by atoms with E-state index in [4.69, 9.17) is 10.5 Å². The molecule has 1 fully saturated rings. The Labute approximate surface area is 102 Å². The molecule has 17 heavy (non-hydrogen) atoms. The van der Waals surface area contributed by atoms with E-state index in [0.717, 1.165) is 18.7 Å². The normalized spacial score (nSPS) is 20.7. The number of hydrogen-bond acceptors (Lipinski definition) is 5. The van der Waals surface area contributed by atoms with Crippen LogP contribution in [0.2, 0.25) is 0 Å². The van der Waals surface area contributed by atoms with Crippen molar-refractivity contribution in [1.29, 1.82) is 0 Å². The zero-order valence-electron chi connectivity index (χ0n) is 10.5. The Balaban J connectivity index is 2.05. The van der Waals surface area contributed by atoms with E-state index in [9.17, 15) is 0 Å². The highest BCUT2D eigenvalue weighted by Crippen LogP contribution is 2.22. The molecule has 0 amide bonds. The topological polar surface area (TPSA) is 64.3 Å². The molecule has 2 rings (SSSR count). The molecule has 1 saturated heterocycles. The van der Waals surface area contributed by atoms with Gasteiger partial charge in [-0.25, -0.2) is 0 Å². The third-order valence-corrected chi connectivity index (χ3v) is 3.38. The molecule has 1 aliphatic rings. The molecule has 94 valence electrons. The van der Waals surface area contributed by atoms with Gasteiger partial charge in [-0.2, -0.15) is 5.10 Å². The van der Waals surface area contributed by atoms with Crippen molar-refractivity contribution in [1.82, 2.24) is 15.1 Å². The van der Waals surface area contributed by atoms with Crippen LogP contribution in [0.1, 0.15) is 25.5 Å². The molecular weight excluding hydrogens is 216 g/mol. The third-order valence-electron chi connectivity index (χ3n) is 3.38. The van der Waals surface area contributed by atoms with Crippen LogP contribution in [-0.2, 0) is 6.42 Å². The third kappa shape index (κ3) is 2.66. The minimum atomic E-state index is 0.410. The first kappa shape index (κ1) is 12.1. The van der Waals surface area contributed by atoms with Crippen LogP contribution in [0, 0.1) is 0 Å². The van der Waals surface area contributed by atoms with Gasteiger partial charge in [0.1, 0.15) is 0 Å². The van der Waals surface area contributed by atoms with Crippen LogP contribution < -0.4 is 10.5 Å². The van der Waals surface area contributed by atoms with Crippen LogP contribution in [0.15, 0.2) is 6.07 Å². The van der Waals surface area contributed by atoms with Gasteiger partial charge in [0.2, 0.25) is 0 Å². The van der Waals surface area contributed by atoms with Gasteiger partial charge in [-0.1, -0.05) is 6.92 Å². The number of hydrogen-bond donors (Lipinski definition) is 1. The van der Waals surface area contributed by atoms with Gasteiger partial charge in [0.05, 0.1) is 18.5 Å². The number of ether oxygens (including phenoxy) is 1. The number of likely N-dealkylation sites (tertiary alicyclic amines) is 1. The molecule has 0 saturated carbocycles. The molecule has 0 radical (unpaired) electrons. The highest BCUT2D eigenvalue weighted by molar-refractivity contribution is 5.47. The molecule has 1 aliphatic heterocycles. The smallest absolute Gasteiger partial charge is 0.256 e. The van der Waals surface area contributed by atoms with Crippen molar-refractivity contribution >= 4 is 5.69 Å². The van der Waals surface area contributed by atoms with E-state index in [2.05, 4.69) is 22.0 Å². The maximum atomic E-state index is 5.83. The maximum absolute atomic E-state index is 5.83. The Bertz CT molecular complexity index is 383. The van der Waals surface area contributed by atoms with Crippen molar-refractivity contribution < 1.29 is 4.74 Å². The van der Waals surface area contributed by atoms with E-state index in [1.54, 1.807) is 7.11 Å². The van der Waals surface area contributed by atoms with Crippen LogP contribution in [0.5, 0.6) is 5.88 Å². The number of likely N-dealkylation sites (N-methyl/N-ethyl adjacent to an activating group) is 1. The Kier molecular flexibility index (Phi) is 3.78. The summed E-state index contributed by atoms with van der Waals surface area (Å²) in [5.74, 6) is 0.410. The molecule has 2 N–H and O–H groups in total. The van der Waals surface area contributed by atoms with Gasteiger partial charge in [-0.15, -0.1) is 5.10 Å². The number of nitrogens with two attached hydrogens (primary N) is 1. The summed E-state index contributed by atoms with van der Waals surface area (Å²) < 4.78 is 5.00. The lowest BCUT2D eigenvalue weighted by atomic mass is 10.1. The summed E-state index contributed by atoms with van der Waals surface area (Å²) in [6, 6.07) is 2.46. The average molecular weight is 236 g/mol. The summed E-state index contributed by atoms with van der Waals surface area (Å²) in [4.78, 5) is 2.49. The molecule has 2 heterocycles. The van der Waals surface area contributed by atoms with Crippen molar-refractivity contribution in [3.05, 3.63) is 11.8 Å². The Morgan fingerprint density at radius 3 is 3.00 bits per heavy atom. The fraction of sp³-hybridized carbons (Fsp3) is 0.667. The van der Waals surface area contributed by atoms with E-state index in [1.165, 1.54) is 19.4 Å². The molecular formula is C12H20N4O. The number of rotatable bonds is 4. The number of aromatic nitrogens is 2. The quantitative estimate of drug-likeness (QED) is 0.848. The predicted molar refractivity (Wildman–Crippen MR) is 67.0 cm³/mol. The summed E-state index contributed by atoms with van der Waals surface area (Å²) >= 11 is 0. The maximum Gasteiger partial charge on any atom is 0.256 e. The van der Waals surface area contributed by atoms with Crippen molar-refractivity contribution in [3.63, 3.8) is 0 Å². The first-order valence-corrected chi connectivity index (χ1v) is 6.14. The Morgan fingerprint density at radius 2 is 2.35 bits per heavy atom. The summed E-state index contributed by atoms with van der Waals surface area (Å²) in [5, 5.41) is 8.13. The molecule has 5 nitrogen and oxygen atoms in total. The van der Waals surface area contributed by atoms with Crippen LogP contribution in [0.4, 0.5) is 5.69 Å². The number of nitrogen functional groups attached to an aromatic ring is 1. The number of methoxy groups -OCH3 is 1. The number of nitrogens with zero attached hydrogens (tertiary/aromatic N) is 3. The molecule has 0 spiro atoms. The van der Waals surface area contributed by atoms with Gasteiger partial charge in [0, 0.05) is 12.5 Å². The minimum Gasteiger partial charge on any atom is -0.478 e. The van der Waals surface area contributed by atoms with Gasteiger partial charge in [0.25, 0.3) is 5.88 Å². The molecule has 5 heteroatoms. The van der Waals surface area contributed by atoms with Crippen molar-refractivity contribution in [2.75, 3.05) is 25.9 Å². The Hall–Kier alpha value is -1.36. The summed E-state index contributed by atoms with van der Waals surface area (Å²) in [5.41, 5.74) is 7.35. The largest absolute Gasteiger partial charge is 0.478 e. The van der Waals surface area contributed by atoms with E-state index in [-0.39, 0.29) is 0 Å². The molecule has 1 atom stereocenters. The monoisotopic (exact) mass is 236 g/mol. The van der Waals surface area contributed by atoms with Crippen LogP contribution in [-0.4, -0.2) is 41.3 Å². The fourth-order valence-electron chi connectivity index (χ4n) is 2.48. The summed E-state index contributed by atoms with van der Waals surface area (Å²) in [6.45, 7) is 4.50. The minimum absolute atomic E-state index is 0.410. The van der Waals surface area contributed by atoms with E-state index < -0.39 is 0 Å². The number of anilines is 1. The highest BCUT2D eigenvalue weighted by atomic mass is 16.5. The zero-order chi connectivity index (χ0) is 12.3. The first-order valence-electron chi connectivity index (χ1n) is 6.14. The van der Waals surface area contributed by atoms with Crippen molar-refractivity contribution in [2.45, 2.75) is 32.2 Å². The van der Waals surface area contributed by atoms with Gasteiger partial charge < -0.3 is 15.4 Å². The molecule has 0 bridgehead atoms.